The highest BCUT2D eigenvalue weighted by atomic mass is 19.2. The zero-order chi connectivity index (χ0) is 15.9. The Kier molecular flexibility index (Phi) is 6.35. The predicted molar refractivity (Wildman–Crippen MR) is 89.7 cm³/mol. The Balaban J connectivity index is 2.14. The summed E-state index contributed by atoms with van der Waals surface area (Å²) < 4.78 is 28.6. The number of halogens is 2. The average molecular weight is 304 g/mol. The van der Waals surface area contributed by atoms with Crippen LogP contribution < -0.4 is 0 Å². The fourth-order valence-electron chi connectivity index (χ4n) is 3.14. The molecule has 0 saturated heterocycles. The topological polar surface area (TPSA) is 0 Å². The second-order valence-electron chi connectivity index (χ2n) is 6.15. The lowest BCUT2D eigenvalue weighted by Gasteiger charge is -2.20. The van der Waals surface area contributed by atoms with Crippen molar-refractivity contribution in [3.63, 3.8) is 0 Å². The van der Waals surface area contributed by atoms with Crippen LogP contribution in [0.2, 0.25) is 0 Å². The van der Waals surface area contributed by atoms with Crippen LogP contribution in [0, 0.1) is 17.6 Å². The number of allylic oxidation sites excluding steroid dienone is 4. The first-order chi connectivity index (χ1) is 10.7. The standard InChI is InChI=1S/C20H26F2/c1-3-5-6-8-17-13-14-18(20(22)19(17)21)16-11-9-15(7-4-2)10-12-16/h4,7,11,13-15H,3,5-6,8-10,12H2,1-2H3/b7-4+. The molecular weight excluding hydrogens is 278 g/mol. The molecule has 0 N–H and O–H groups in total. The van der Waals surface area contributed by atoms with Gasteiger partial charge in [0.1, 0.15) is 0 Å². The molecule has 1 aromatic rings. The van der Waals surface area contributed by atoms with Crippen molar-refractivity contribution in [2.24, 2.45) is 5.92 Å². The van der Waals surface area contributed by atoms with Gasteiger partial charge in [-0.15, -0.1) is 0 Å². The van der Waals surface area contributed by atoms with Crippen LogP contribution in [0.15, 0.2) is 30.4 Å². The quantitative estimate of drug-likeness (QED) is 0.418. The largest absolute Gasteiger partial charge is 0.203 e. The van der Waals surface area contributed by atoms with Gasteiger partial charge in [0.05, 0.1) is 0 Å². The van der Waals surface area contributed by atoms with Crippen LogP contribution >= 0.6 is 0 Å². The number of unbranched alkanes of at least 4 members (excludes halogenated alkanes) is 2. The van der Waals surface area contributed by atoms with E-state index in [1.165, 1.54) is 0 Å². The van der Waals surface area contributed by atoms with Crippen molar-refractivity contribution in [2.75, 3.05) is 0 Å². The lowest BCUT2D eigenvalue weighted by atomic mass is 9.86. The molecule has 0 saturated carbocycles. The van der Waals surface area contributed by atoms with E-state index in [4.69, 9.17) is 0 Å². The Bertz CT molecular complexity index is 555. The molecule has 0 radical (unpaired) electrons. The third-order valence-corrected chi connectivity index (χ3v) is 4.47. The fraction of sp³-hybridized carbons (Fsp3) is 0.500. The van der Waals surface area contributed by atoms with Crippen molar-refractivity contribution in [1.29, 1.82) is 0 Å². The van der Waals surface area contributed by atoms with Gasteiger partial charge < -0.3 is 0 Å². The van der Waals surface area contributed by atoms with Crippen LogP contribution in [0.5, 0.6) is 0 Å². The van der Waals surface area contributed by atoms with Crippen LogP contribution in [-0.4, -0.2) is 0 Å². The van der Waals surface area contributed by atoms with Gasteiger partial charge in [-0.25, -0.2) is 8.78 Å². The van der Waals surface area contributed by atoms with Crippen LogP contribution in [0.3, 0.4) is 0 Å². The van der Waals surface area contributed by atoms with Crippen molar-refractivity contribution in [1.82, 2.24) is 0 Å². The maximum absolute atomic E-state index is 14.4. The van der Waals surface area contributed by atoms with E-state index in [0.717, 1.165) is 44.1 Å². The maximum atomic E-state index is 14.4. The van der Waals surface area contributed by atoms with Crippen LogP contribution in [-0.2, 0) is 6.42 Å². The maximum Gasteiger partial charge on any atom is 0.166 e. The smallest absolute Gasteiger partial charge is 0.166 e. The second kappa shape index (κ2) is 8.26. The highest BCUT2D eigenvalue weighted by molar-refractivity contribution is 5.67. The van der Waals surface area contributed by atoms with Gasteiger partial charge in [0.2, 0.25) is 0 Å². The van der Waals surface area contributed by atoms with Gasteiger partial charge in [-0.2, -0.15) is 0 Å². The Morgan fingerprint density at radius 3 is 2.64 bits per heavy atom. The number of hydrogen-bond acceptors (Lipinski definition) is 0. The van der Waals surface area contributed by atoms with E-state index >= 15 is 0 Å². The fourth-order valence-corrected chi connectivity index (χ4v) is 3.14. The molecule has 2 heteroatoms. The normalized spacial score (nSPS) is 18.7. The minimum atomic E-state index is -0.662. The van der Waals surface area contributed by atoms with Crippen LogP contribution in [0.1, 0.15) is 63.5 Å². The second-order valence-corrected chi connectivity index (χ2v) is 6.15. The summed E-state index contributed by atoms with van der Waals surface area (Å²) in [7, 11) is 0. The van der Waals surface area contributed by atoms with Crippen molar-refractivity contribution in [3.8, 4) is 0 Å². The van der Waals surface area contributed by atoms with Crippen molar-refractivity contribution in [3.05, 3.63) is 53.1 Å². The molecule has 22 heavy (non-hydrogen) atoms. The van der Waals surface area contributed by atoms with E-state index in [2.05, 4.69) is 25.2 Å². The Hall–Kier alpha value is -1.44. The number of hydrogen-bond donors (Lipinski definition) is 0. The van der Waals surface area contributed by atoms with Gasteiger partial charge in [0, 0.05) is 5.56 Å². The molecule has 0 aliphatic heterocycles. The minimum Gasteiger partial charge on any atom is -0.203 e. The molecule has 2 rings (SSSR count). The van der Waals surface area contributed by atoms with Crippen molar-refractivity contribution in [2.45, 2.75) is 58.8 Å². The zero-order valence-corrected chi connectivity index (χ0v) is 13.7. The lowest BCUT2D eigenvalue weighted by molar-refractivity contribution is 0.492. The first-order valence-corrected chi connectivity index (χ1v) is 8.46. The SMILES string of the molecule is C/C=C/C1CC=C(c2ccc(CCCCC)c(F)c2F)CC1. The highest BCUT2D eigenvalue weighted by Gasteiger charge is 2.19. The number of rotatable bonds is 6. The molecule has 0 amide bonds. The minimum absolute atomic E-state index is 0.454. The average Bonchev–Trinajstić information content (AvgIpc) is 2.53. The number of aryl methyl sites for hydroxylation is 1. The highest BCUT2D eigenvalue weighted by Crippen LogP contribution is 2.33. The third kappa shape index (κ3) is 4.06. The molecule has 120 valence electrons. The first kappa shape index (κ1) is 16.9. The lowest BCUT2D eigenvalue weighted by Crippen LogP contribution is -2.05. The van der Waals surface area contributed by atoms with Gasteiger partial charge in [-0.3, -0.25) is 0 Å². The molecule has 0 aromatic heterocycles. The summed E-state index contributed by atoms with van der Waals surface area (Å²) in [5.41, 5.74) is 1.92. The summed E-state index contributed by atoms with van der Waals surface area (Å²) in [5.74, 6) is -0.773. The van der Waals surface area contributed by atoms with Crippen LogP contribution in [0.4, 0.5) is 8.78 Å². The summed E-state index contributed by atoms with van der Waals surface area (Å²) in [6.45, 7) is 4.13. The van der Waals surface area contributed by atoms with Crippen molar-refractivity contribution >= 4 is 5.57 Å². The molecule has 1 aromatic carbocycles. The summed E-state index contributed by atoms with van der Waals surface area (Å²) in [6.07, 6.45) is 12.8. The van der Waals surface area contributed by atoms with E-state index in [0.29, 0.717) is 23.5 Å². The summed E-state index contributed by atoms with van der Waals surface area (Å²) >= 11 is 0. The molecule has 1 atom stereocenters. The van der Waals surface area contributed by atoms with Gasteiger partial charge in [0.25, 0.3) is 0 Å². The molecule has 0 nitrogen and oxygen atoms in total. The number of benzene rings is 1. The zero-order valence-electron chi connectivity index (χ0n) is 13.7. The van der Waals surface area contributed by atoms with Gasteiger partial charge in [0.15, 0.2) is 11.6 Å². The molecule has 1 unspecified atom stereocenters. The van der Waals surface area contributed by atoms with E-state index < -0.39 is 11.6 Å². The van der Waals surface area contributed by atoms with Gasteiger partial charge >= 0.3 is 0 Å². The predicted octanol–water partition coefficient (Wildman–Crippen LogP) is 6.46. The summed E-state index contributed by atoms with van der Waals surface area (Å²) in [4.78, 5) is 0. The molecule has 0 spiro atoms. The van der Waals surface area contributed by atoms with E-state index in [9.17, 15) is 8.78 Å². The summed E-state index contributed by atoms with van der Waals surface area (Å²) in [6, 6.07) is 3.53. The molecule has 0 bridgehead atoms. The van der Waals surface area contributed by atoms with Crippen molar-refractivity contribution < 1.29 is 8.78 Å². The monoisotopic (exact) mass is 304 g/mol. The molecule has 0 heterocycles. The molecule has 1 aliphatic rings. The summed E-state index contributed by atoms with van der Waals surface area (Å²) in [5, 5.41) is 0. The van der Waals surface area contributed by atoms with Gasteiger partial charge in [-0.05, 0) is 56.1 Å². The molecule has 1 aliphatic carbocycles. The first-order valence-electron chi connectivity index (χ1n) is 8.46. The molecule has 0 fully saturated rings. The van der Waals surface area contributed by atoms with E-state index in [1.54, 1.807) is 12.1 Å². The van der Waals surface area contributed by atoms with E-state index in [-0.39, 0.29) is 0 Å². The van der Waals surface area contributed by atoms with Gasteiger partial charge in [-0.1, -0.05) is 50.1 Å². The Morgan fingerprint density at radius 2 is 2.00 bits per heavy atom. The third-order valence-electron chi connectivity index (χ3n) is 4.47. The van der Waals surface area contributed by atoms with Crippen LogP contribution in [0.25, 0.3) is 5.57 Å². The molecular formula is C20H26F2. The Labute approximate surface area is 132 Å². The Morgan fingerprint density at radius 1 is 1.18 bits per heavy atom. The van der Waals surface area contributed by atoms with E-state index in [1.807, 2.05) is 6.92 Å².